The van der Waals surface area contributed by atoms with Crippen LogP contribution in [0.2, 0.25) is 0 Å². The van der Waals surface area contributed by atoms with Crippen molar-refractivity contribution in [1.82, 2.24) is 4.57 Å². The lowest BCUT2D eigenvalue weighted by molar-refractivity contribution is 0.590. The van der Waals surface area contributed by atoms with Gasteiger partial charge in [0.1, 0.15) is 0 Å². The highest BCUT2D eigenvalue weighted by Crippen LogP contribution is 2.55. The van der Waals surface area contributed by atoms with Crippen molar-refractivity contribution in [3.05, 3.63) is 265 Å². The number of anilines is 6. The van der Waals surface area contributed by atoms with E-state index in [0.29, 0.717) is 17.1 Å². The van der Waals surface area contributed by atoms with E-state index in [4.69, 9.17) is 9.60 Å². The predicted molar refractivity (Wildman–Crippen MR) is 357 cm³/mol. The smallest absolute Gasteiger partial charge is 0.252 e. The summed E-state index contributed by atoms with van der Waals surface area (Å²) in [4.78, 5) is 4.72. The molecule has 2 aliphatic heterocycles. The van der Waals surface area contributed by atoms with Gasteiger partial charge in [0.05, 0.1) is 33.4 Å². The SMILES string of the molecule is [2H]c1c([2H])c([2H])c2c(c1[2H])c1c([2H])c([2H])c([2H])c([2H])c1n2-c1ccc2c(c1)N(c1c(-c3ccccc3)cc(C(C)(C)C)cc1-c1ccccc1)c1cc(C(C)(C)C)cc3c1B2c1ccc(C([2H])([2H])[2H])cc1N3c1c(-c2ccccc2)cc(C(C)(C)C)cc1-c1ccccc1. The number of hydrogen-bond acceptors (Lipinski definition) is 2. The second kappa shape index (κ2) is 19.5. The maximum atomic E-state index is 9.68. The van der Waals surface area contributed by atoms with E-state index in [-0.39, 0.29) is 38.2 Å². The summed E-state index contributed by atoms with van der Waals surface area (Å²) >= 11 is 0. The molecule has 0 fully saturated rings. The second-order valence-corrected chi connectivity index (χ2v) is 25.4. The van der Waals surface area contributed by atoms with Gasteiger partial charge in [0.2, 0.25) is 0 Å². The van der Waals surface area contributed by atoms with Crippen molar-refractivity contribution >= 4 is 79.0 Å². The monoisotopic (exact) mass is 1080 g/mol. The molecule has 0 atom stereocenters. The van der Waals surface area contributed by atoms with Crippen molar-refractivity contribution in [2.24, 2.45) is 0 Å². The van der Waals surface area contributed by atoms with Gasteiger partial charge in [-0.2, -0.15) is 0 Å². The number of nitrogens with zero attached hydrogens (tertiary/aromatic N) is 3. The largest absolute Gasteiger partial charge is 0.310 e. The van der Waals surface area contributed by atoms with Gasteiger partial charge in [0.15, 0.2) is 0 Å². The molecule has 0 amide bonds. The van der Waals surface area contributed by atoms with Gasteiger partial charge in [0, 0.05) is 65.6 Å². The molecule has 0 aliphatic carbocycles. The molecular weight excluding hydrogens is 1000 g/mol. The first-order valence-corrected chi connectivity index (χ1v) is 28.7. The molecule has 0 bridgehead atoms. The molecule has 1 aromatic heterocycles. The third kappa shape index (κ3) is 8.72. The Bertz CT molecular complexity index is 4900. The average Bonchev–Trinajstić information content (AvgIpc) is 0.871. The molecule has 404 valence electrons. The van der Waals surface area contributed by atoms with Crippen LogP contribution in [0.5, 0.6) is 0 Å². The zero-order chi connectivity index (χ0) is 66.6. The molecule has 2 aliphatic rings. The maximum Gasteiger partial charge on any atom is 0.252 e. The Morgan fingerprint density at radius 1 is 0.373 bits per heavy atom. The van der Waals surface area contributed by atoms with E-state index < -0.39 is 67.3 Å². The Kier molecular flexibility index (Phi) is 9.64. The molecule has 0 unspecified atom stereocenters. The number of hydrogen-bond donors (Lipinski definition) is 0. The highest BCUT2D eigenvalue weighted by atomic mass is 15.2. The Hall–Kier alpha value is -9.12. The topological polar surface area (TPSA) is 11.4 Å². The Labute approximate surface area is 506 Å². The molecule has 3 heterocycles. The van der Waals surface area contributed by atoms with Gasteiger partial charge in [-0.15, -0.1) is 0 Å². The molecule has 12 aromatic rings. The van der Waals surface area contributed by atoms with Gasteiger partial charge < -0.3 is 14.4 Å². The van der Waals surface area contributed by atoms with Gasteiger partial charge in [-0.05, 0) is 151 Å². The van der Waals surface area contributed by atoms with E-state index in [9.17, 15) is 5.48 Å². The summed E-state index contributed by atoms with van der Waals surface area (Å²) in [5, 5.41) is -0.0379. The van der Waals surface area contributed by atoms with E-state index in [0.717, 1.165) is 100 Å². The lowest BCUT2D eigenvalue weighted by Gasteiger charge is -2.47. The summed E-state index contributed by atoms with van der Waals surface area (Å²) in [5.74, 6) is 0. The van der Waals surface area contributed by atoms with Crippen LogP contribution in [-0.2, 0) is 16.2 Å². The van der Waals surface area contributed by atoms with Crippen molar-refractivity contribution in [2.45, 2.75) is 85.4 Å². The fraction of sp³-hybridized carbons (Fsp3) is 0.165. The number of rotatable bonds is 7. The third-order valence-electron chi connectivity index (χ3n) is 17.0. The maximum absolute atomic E-state index is 9.68. The normalized spacial score (nSPS) is 15.1. The van der Waals surface area contributed by atoms with Crippen molar-refractivity contribution in [3.63, 3.8) is 0 Å². The van der Waals surface area contributed by atoms with Gasteiger partial charge >= 0.3 is 0 Å². The predicted octanol–water partition coefficient (Wildman–Crippen LogP) is 19.7. The minimum atomic E-state index is -2.51. The van der Waals surface area contributed by atoms with Crippen LogP contribution in [0.15, 0.2) is 242 Å². The van der Waals surface area contributed by atoms with Crippen LogP contribution in [0, 0.1) is 6.85 Å². The Balaban J connectivity index is 1.22. The quantitative estimate of drug-likeness (QED) is 0.147. The molecule has 0 spiro atoms. The molecule has 3 nitrogen and oxygen atoms in total. The first kappa shape index (κ1) is 41.0. The first-order chi connectivity index (χ1) is 44.5. The average molecular weight is 1080 g/mol. The standard InChI is InChI=1S/C79H70BN3/c1-51-39-41-66-70(43-51)82(75-62(52-27-15-11-16-28-52)44-56(77(2,3)4)45-63(75)53-29-17-12-18-30-53)72-48-58(79(8,9)10)49-73-74(72)80(66)67-42-40-59(81-68-37-25-23-35-60(68)61-36-24-26-38-69(61)81)50-71(67)83(73)76-64(54-31-19-13-20-32-54)46-57(78(5,6)7)47-65(76)55-33-21-14-22-34-55/h11-50H,1-10H3/i1D3,23D,24D,25D,26D,35D,36D,37D,38D. The minimum absolute atomic E-state index is 0.00858. The summed E-state index contributed by atoms with van der Waals surface area (Å²) in [5.41, 5.74) is 17.7. The van der Waals surface area contributed by atoms with Crippen LogP contribution >= 0.6 is 0 Å². The number of aryl methyl sites for hydroxylation is 1. The summed E-state index contributed by atoms with van der Waals surface area (Å²) in [6.45, 7) is 16.9. The molecule has 83 heavy (non-hydrogen) atoms. The van der Waals surface area contributed by atoms with Gasteiger partial charge in [-0.25, -0.2) is 0 Å². The molecule has 11 aromatic carbocycles. The van der Waals surface area contributed by atoms with E-state index in [2.05, 4.69) is 212 Å². The lowest BCUT2D eigenvalue weighted by Crippen LogP contribution is -2.61. The first-order valence-electron chi connectivity index (χ1n) is 34.2. The fourth-order valence-electron chi connectivity index (χ4n) is 12.7. The number of fused-ring (bicyclic) bond motifs is 7. The minimum Gasteiger partial charge on any atom is -0.310 e. The van der Waals surface area contributed by atoms with Crippen LogP contribution in [0.3, 0.4) is 0 Å². The van der Waals surface area contributed by atoms with Crippen molar-refractivity contribution < 1.29 is 15.1 Å². The van der Waals surface area contributed by atoms with Crippen molar-refractivity contribution in [3.8, 4) is 50.2 Å². The van der Waals surface area contributed by atoms with Gasteiger partial charge in [0.25, 0.3) is 6.71 Å². The number of benzene rings is 11. The van der Waals surface area contributed by atoms with E-state index in [1.54, 1.807) is 10.6 Å². The number of para-hydroxylation sites is 2. The Morgan fingerprint density at radius 2 is 0.735 bits per heavy atom. The van der Waals surface area contributed by atoms with Gasteiger partial charge in [-0.3, -0.25) is 0 Å². The molecule has 0 radical (unpaired) electrons. The molecular formula is C79H70BN3. The Morgan fingerprint density at radius 3 is 1.12 bits per heavy atom. The zero-order valence-corrected chi connectivity index (χ0v) is 48.4. The van der Waals surface area contributed by atoms with Crippen LogP contribution in [0.25, 0.3) is 72.0 Å². The number of aromatic nitrogens is 1. The molecule has 4 heteroatoms. The lowest BCUT2D eigenvalue weighted by atomic mass is 9.33. The second-order valence-electron chi connectivity index (χ2n) is 25.4. The van der Waals surface area contributed by atoms with Crippen LogP contribution in [0.4, 0.5) is 34.1 Å². The van der Waals surface area contributed by atoms with Crippen LogP contribution < -0.4 is 26.2 Å². The van der Waals surface area contributed by atoms with Crippen LogP contribution in [-0.4, -0.2) is 11.3 Å². The summed E-state index contributed by atoms with van der Waals surface area (Å²) < 4.78 is 103. The highest BCUT2D eigenvalue weighted by Gasteiger charge is 2.46. The highest BCUT2D eigenvalue weighted by molar-refractivity contribution is 7.00. The van der Waals surface area contributed by atoms with Gasteiger partial charge in [-0.1, -0.05) is 238 Å². The molecule has 0 saturated carbocycles. The molecule has 0 saturated heterocycles. The molecule has 0 N–H and O–H groups in total. The van der Waals surface area contributed by atoms with Crippen LogP contribution in [0.1, 0.15) is 99.6 Å². The fourth-order valence-corrected chi connectivity index (χ4v) is 12.7. The van der Waals surface area contributed by atoms with Crippen molar-refractivity contribution in [2.75, 3.05) is 9.80 Å². The van der Waals surface area contributed by atoms with Crippen molar-refractivity contribution in [1.29, 1.82) is 0 Å². The van der Waals surface area contributed by atoms with E-state index >= 15 is 0 Å². The molecule has 14 rings (SSSR count). The zero-order valence-electron chi connectivity index (χ0n) is 59.4. The third-order valence-corrected chi connectivity index (χ3v) is 17.0. The summed E-state index contributed by atoms with van der Waals surface area (Å²) in [7, 11) is 0. The summed E-state index contributed by atoms with van der Waals surface area (Å²) in [6.07, 6.45) is 0. The van der Waals surface area contributed by atoms with E-state index in [1.165, 1.54) is 0 Å². The summed E-state index contributed by atoms with van der Waals surface area (Å²) in [6, 6.07) is 63.4. The van der Waals surface area contributed by atoms with E-state index in [1.807, 2.05) is 48.5 Å².